The highest BCUT2D eigenvalue weighted by Crippen LogP contribution is 2.67. The van der Waals surface area contributed by atoms with E-state index in [4.69, 9.17) is 24.2 Å². The van der Waals surface area contributed by atoms with Crippen molar-refractivity contribution >= 4 is 64.4 Å². The number of alkyl halides is 8. The molecular formula is C102H148F13NO17. The first-order valence-electron chi connectivity index (χ1n) is 48.4. The summed E-state index contributed by atoms with van der Waals surface area (Å²) in [6.07, 6.45) is 32.4. The number of hydrogen-bond donors (Lipinski definition) is 0. The topological polar surface area (TPSA) is 267 Å². The van der Waals surface area contributed by atoms with Gasteiger partial charge in [-0.05, 0) is 313 Å². The van der Waals surface area contributed by atoms with Crippen molar-refractivity contribution in [2.45, 2.75) is 388 Å². The van der Waals surface area contributed by atoms with Gasteiger partial charge in [0.05, 0.1) is 31.8 Å². The van der Waals surface area contributed by atoms with Crippen LogP contribution in [0, 0.1) is 145 Å². The molecule has 133 heavy (non-hydrogen) atoms. The van der Waals surface area contributed by atoms with Gasteiger partial charge in [0.25, 0.3) is 5.67 Å². The second kappa shape index (κ2) is 46.8. The Morgan fingerprint density at radius 2 is 1.05 bits per heavy atom. The Balaban J connectivity index is 0.000000215. The van der Waals surface area contributed by atoms with Gasteiger partial charge >= 0.3 is 29.7 Å². The van der Waals surface area contributed by atoms with Crippen LogP contribution in [0.2, 0.25) is 0 Å². The number of esters is 4. The van der Waals surface area contributed by atoms with Crippen LogP contribution < -0.4 is 4.74 Å². The Morgan fingerprint density at radius 1 is 0.556 bits per heavy atom. The normalized spacial score (nSPS) is 31.2. The van der Waals surface area contributed by atoms with Gasteiger partial charge in [0, 0.05) is 76.2 Å². The minimum absolute atomic E-state index is 0.0127. The fourth-order valence-electron chi connectivity index (χ4n) is 24.0. The van der Waals surface area contributed by atoms with Crippen LogP contribution in [0.15, 0.2) is 0 Å². The molecule has 15 fully saturated rings. The number of ether oxygens (including phenoxy) is 6. The van der Waals surface area contributed by atoms with Crippen molar-refractivity contribution in [3.63, 3.8) is 0 Å². The molecule has 15 aliphatic carbocycles. The smallest absolute Gasteiger partial charge is 0.371 e. The lowest BCUT2D eigenvalue weighted by molar-refractivity contribution is -0.191. The van der Waals surface area contributed by atoms with Gasteiger partial charge in [-0.3, -0.25) is 33.6 Å². The van der Waals surface area contributed by atoms with E-state index >= 15 is 0 Å². The van der Waals surface area contributed by atoms with E-state index in [1.54, 1.807) is 19.9 Å². The Kier molecular flexibility index (Phi) is 39.9. The van der Waals surface area contributed by atoms with Crippen molar-refractivity contribution in [3.05, 3.63) is 29.1 Å². The highest BCUT2D eigenvalue weighted by molar-refractivity contribution is 6.11. The molecule has 0 heterocycles. The molecule has 12 atom stereocenters. The van der Waals surface area contributed by atoms with Gasteiger partial charge in [0.1, 0.15) is 52.8 Å². The van der Waals surface area contributed by atoms with Crippen molar-refractivity contribution in [2.24, 2.45) is 105 Å². The molecule has 0 amide bonds. The maximum atomic E-state index is 13.8. The minimum atomic E-state index is -3.29. The zero-order chi connectivity index (χ0) is 99.9. The van der Waals surface area contributed by atoms with Crippen molar-refractivity contribution in [3.8, 4) is 11.8 Å². The summed E-state index contributed by atoms with van der Waals surface area (Å²) in [5, 5.41) is 8.52. The number of benzene rings is 1. The first-order chi connectivity index (χ1) is 61.5. The van der Waals surface area contributed by atoms with Gasteiger partial charge in [0.15, 0.2) is 29.2 Å². The number of fused-ring (bicyclic) bond motifs is 5. The molecule has 16 rings (SSSR count). The van der Waals surface area contributed by atoms with E-state index in [1.165, 1.54) is 132 Å². The zero-order valence-corrected chi connectivity index (χ0v) is 81.5. The second-order valence-electron chi connectivity index (χ2n) is 44.2. The lowest BCUT2D eigenvalue weighted by Gasteiger charge is -2.58. The number of carbonyl (C=O) groups excluding carboxylic acids is 11. The number of nitrogens with zero attached hydrogens (tertiary/aromatic N) is 1. The fourth-order valence-corrected chi connectivity index (χ4v) is 24.0. The van der Waals surface area contributed by atoms with Crippen LogP contribution in [0.25, 0.3) is 0 Å². The largest absolute Gasteiger partial charge is 0.464 e. The average Bonchev–Trinajstić information content (AvgIpc) is 1.60. The maximum Gasteiger partial charge on any atom is 0.371 e. The third-order valence-corrected chi connectivity index (χ3v) is 31.2. The molecule has 0 spiro atoms. The second-order valence-corrected chi connectivity index (χ2v) is 44.2. The van der Waals surface area contributed by atoms with Crippen LogP contribution in [0.4, 0.5) is 57.1 Å². The van der Waals surface area contributed by atoms with Gasteiger partial charge in [-0.15, -0.1) is 0 Å². The molecule has 0 aliphatic heterocycles. The van der Waals surface area contributed by atoms with Crippen molar-refractivity contribution in [2.75, 3.05) is 40.1 Å². The molecule has 18 nitrogen and oxygen atoms in total. The standard InChI is InChI=1S/C27H39FO5.C15H23FO2.C15H25FO.C11H6F6O3.C11H19FO3.C9H14FN.C7H9FO2.C7H13FO/c1-15(6-5-11-33-25(32)16(2)28)19-7-8-20-24-21(14-23(31)27(19,20)4)26(3)10-9-18(29)12-17(26)13-22(24)30;1-14(2,16)9-18-13(17)15-6-10-3-11(7-15)5-12(4-10)8-15;1-14(2,16)9-17-10-15-6-11-3-12(7-15)5-13(4-11)8-15;1-3(18)11(2,17)10(19)20-9-7(15)5(13)4(12)6(14)8(9)16;1-11(12,14-2)10(13)15-8-9-6-4-3-5-7-9;1-9(10,7-11)8-5-3-2-4-6-8;1-7(8)5(9)3-2-4-6(7)10;1-6(9)4-5-7(2,3)8/h15-17,19-21,24H,5-14H2,1-4H3;10-12H,3-9H2,1-2H3;11-13H,3-10H2,1-2H3;1-2H3;9H,3-8H2,1-2H3;8H,2-6H2,1H3;2-4H2,1H3;4-5H2,1-3H3. The molecule has 8 bridgehead atoms. The van der Waals surface area contributed by atoms with E-state index in [0.29, 0.717) is 88.9 Å². The van der Waals surface area contributed by atoms with Crippen molar-refractivity contribution in [1.29, 1.82) is 5.26 Å². The maximum absolute atomic E-state index is 13.8. The molecule has 0 N–H and O–H groups in total. The number of nitriles is 1. The molecule has 754 valence electrons. The van der Waals surface area contributed by atoms with Gasteiger partial charge in [0.2, 0.25) is 40.5 Å². The van der Waals surface area contributed by atoms with Gasteiger partial charge in [-0.1, -0.05) is 59.3 Å². The predicted octanol–water partition coefficient (Wildman–Crippen LogP) is 23.4. The van der Waals surface area contributed by atoms with E-state index in [9.17, 15) is 110 Å². The lowest BCUT2D eigenvalue weighted by atomic mass is 9.44. The summed E-state index contributed by atoms with van der Waals surface area (Å²) in [4.78, 5) is 128. The molecule has 31 heteroatoms. The average molecular weight is 1910 g/mol. The zero-order valence-electron chi connectivity index (χ0n) is 81.5. The molecule has 15 aliphatic rings. The number of ketones is 7. The molecular weight excluding hydrogens is 1760 g/mol. The Labute approximate surface area is 777 Å². The fraction of sp³-hybridized carbons (Fsp3) is 0.824. The molecule has 0 radical (unpaired) electrons. The number of Topliss-reactive ketones (excluding diaryl/α,β-unsaturated/α-hetero) is 7. The summed E-state index contributed by atoms with van der Waals surface area (Å²) in [6, 6.07) is 1.74. The van der Waals surface area contributed by atoms with Crippen molar-refractivity contribution < 1.29 is 138 Å². The molecule has 1 aromatic rings. The summed E-state index contributed by atoms with van der Waals surface area (Å²) < 4.78 is 199. The van der Waals surface area contributed by atoms with E-state index in [1.807, 2.05) is 0 Å². The SMILES string of the molecule is CC(=O)C(C)(F)C(=O)Oc1c(F)c(F)c(F)c(F)c1F.CC(=O)CCC(C)(C)F.CC(C)(F)COC(=O)C12CC3CC(CC(C3)C1)C2.CC(C)(F)COCC12CC3CC(CC(C3)C1)C2.CC(F)(C#N)C1CCCCC1.CC(F)C(=O)OCCCC(C)C1CCC2C3C(=O)CC4CC(=O)CCC4(C)C3CC(=O)C12C.CC1(F)C(=O)CCCC1=O.COC(C)(F)C(=O)OCC1CCCCC1. The van der Waals surface area contributed by atoms with Gasteiger partial charge < -0.3 is 33.2 Å². The van der Waals surface area contributed by atoms with E-state index in [2.05, 4.69) is 30.2 Å². The Bertz CT molecular complexity index is 4120. The molecule has 1 aromatic carbocycles. The Morgan fingerprint density at radius 3 is 1.49 bits per heavy atom. The number of halogens is 13. The monoisotopic (exact) mass is 1910 g/mol. The highest BCUT2D eigenvalue weighted by atomic mass is 19.2. The third kappa shape index (κ3) is 30.4. The molecule has 0 saturated heterocycles. The summed E-state index contributed by atoms with van der Waals surface area (Å²) >= 11 is 0. The van der Waals surface area contributed by atoms with Crippen LogP contribution >= 0.6 is 0 Å². The van der Waals surface area contributed by atoms with Crippen LogP contribution in [0.5, 0.6) is 5.75 Å². The van der Waals surface area contributed by atoms with Crippen LogP contribution in [0.3, 0.4) is 0 Å². The Hall–Kier alpha value is -6.71. The first-order valence-corrected chi connectivity index (χ1v) is 48.4. The quantitative estimate of drug-likeness (QED) is 0.0136. The van der Waals surface area contributed by atoms with Crippen LogP contribution in [0.1, 0.15) is 342 Å². The number of carbonyl (C=O) groups is 11. The lowest BCUT2D eigenvalue weighted by Crippen LogP contribution is -2.60. The summed E-state index contributed by atoms with van der Waals surface area (Å²) in [5.41, 5.74) is -11.2. The van der Waals surface area contributed by atoms with Crippen LogP contribution in [-0.2, 0) is 76.4 Å². The highest BCUT2D eigenvalue weighted by Gasteiger charge is 2.67. The summed E-state index contributed by atoms with van der Waals surface area (Å²) in [5.74, 6) is -15.9. The molecule has 15 saturated carbocycles. The van der Waals surface area contributed by atoms with Gasteiger partial charge in [-0.2, -0.15) is 18.4 Å². The minimum Gasteiger partial charge on any atom is -0.464 e. The molecule has 0 aromatic heterocycles. The summed E-state index contributed by atoms with van der Waals surface area (Å²) in [7, 11) is 1.15. The molecule has 12 unspecified atom stereocenters. The van der Waals surface area contributed by atoms with Gasteiger partial charge in [-0.25, -0.2) is 58.3 Å². The number of hydrogen-bond acceptors (Lipinski definition) is 18. The first kappa shape index (κ1) is 113. The van der Waals surface area contributed by atoms with E-state index in [-0.39, 0.29) is 108 Å². The van der Waals surface area contributed by atoms with E-state index in [0.717, 1.165) is 147 Å². The van der Waals surface area contributed by atoms with E-state index < -0.39 is 122 Å². The number of methoxy groups -OCH3 is 1. The third-order valence-electron chi connectivity index (χ3n) is 31.2. The number of rotatable bonds is 24. The summed E-state index contributed by atoms with van der Waals surface area (Å²) in [6.45, 7) is 24.3. The van der Waals surface area contributed by atoms with Crippen LogP contribution in [-0.4, -0.2) is 151 Å². The van der Waals surface area contributed by atoms with Crippen molar-refractivity contribution in [1.82, 2.24) is 0 Å². The predicted molar refractivity (Wildman–Crippen MR) is 471 cm³/mol.